The average Bonchev–Trinajstić information content (AvgIpc) is 3.24. The molecule has 4 rings (SSSR count). The monoisotopic (exact) mass is 364 g/mol. The molecule has 4 aromatic heterocycles. The fraction of sp³-hybridized carbons (Fsp3) is 0.125. The molecule has 4 heterocycles. The molecule has 27 heavy (non-hydrogen) atoms. The van der Waals surface area contributed by atoms with Crippen LogP contribution in [0, 0.1) is 6.92 Å². The first kappa shape index (κ1) is 16.4. The van der Waals surface area contributed by atoms with Gasteiger partial charge in [0.2, 0.25) is 0 Å². The summed E-state index contributed by atoms with van der Waals surface area (Å²) in [5.74, 6) is 1.76. The van der Waals surface area contributed by atoms with Crippen molar-refractivity contribution in [1.82, 2.24) is 39.7 Å². The highest BCUT2D eigenvalue weighted by molar-refractivity contribution is 5.82. The molecular weight excluding hydrogens is 348 g/mol. The Bertz CT molecular complexity index is 1130. The van der Waals surface area contributed by atoms with Gasteiger partial charge in [0.15, 0.2) is 11.5 Å². The molecular formula is C16H16N10O. The maximum absolute atomic E-state index is 12.0. The highest BCUT2D eigenvalue weighted by Crippen LogP contribution is 2.30. The molecule has 0 radical (unpaired) electrons. The van der Waals surface area contributed by atoms with Crippen LogP contribution in [-0.4, -0.2) is 47.4 Å². The Morgan fingerprint density at radius 3 is 2.78 bits per heavy atom. The normalized spacial score (nSPS) is 10.9. The first-order valence-corrected chi connectivity index (χ1v) is 8.05. The zero-order valence-corrected chi connectivity index (χ0v) is 14.6. The maximum atomic E-state index is 12.0. The molecule has 0 atom stereocenters. The number of nitrogen functional groups attached to an aromatic ring is 1. The molecule has 136 valence electrons. The van der Waals surface area contributed by atoms with Gasteiger partial charge in [0, 0.05) is 25.4 Å². The zero-order valence-electron chi connectivity index (χ0n) is 14.6. The largest absolute Gasteiger partial charge is 0.384 e. The van der Waals surface area contributed by atoms with Crippen LogP contribution in [0.2, 0.25) is 0 Å². The van der Waals surface area contributed by atoms with Gasteiger partial charge in [-0.1, -0.05) is 0 Å². The number of fused-ring (bicyclic) bond motifs is 1. The summed E-state index contributed by atoms with van der Waals surface area (Å²) < 4.78 is 2.84. The van der Waals surface area contributed by atoms with E-state index in [1.54, 1.807) is 35.8 Å². The molecule has 11 nitrogen and oxygen atoms in total. The summed E-state index contributed by atoms with van der Waals surface area (Å²) in [5, 5.41) is 14.0. The van der Waals surface area contributed by atoms with Gasteiger partial charge in [-0.3, -0.25) is 0 Å². The smallest absolute Gasteiger partial charge is 0.343 e. The Morgan fingerprint density at radius 2 is 2.00 bits per heavy atom. The second-order valence-electron chi connectivity index (χ2n) is 5.64. The fourth-order valence-electron chi connectivity index (χ4n) is 2.70. The Labute approximate surface area is 153 Å². The van der Waals surface area contributed by atoms with E-state index in [-0.39, 0.29) is 6.03 Å². The van der Waals surface area contributed by atoms with E-state index in [1.807, 2.05) is 6.07 Å². The summed E-state index contributed by atoms with van der Waals surface area (Å²) >= 11 is 0. The van der Waals surface area contributed by atoms with E-state index in [0.717, 1.165) is 0 Å². The molecule has 0 bridgehead atoms. The molecule has 1 amide bonds. The number of nitrogens with one attached hydrogen (secondary N) is 2. The molecule has 0 aliphatic heterocycles. The lowest BCUT2D eigenvalue weighted by Gasteiger charge is -2.09. The summed E-state index contributed by atoms with van der Waals surface area (Å²) in [6, 6.07) is 6.52. The molecule has 11 heteroatoms. The second kappa shape index (κ2) is 6.37. The quantitative estimate of drug-likeness (QED) is 0.492. The van der Waals surface area contributed by atoms with Crippen molar-refractivity contribution in [3.63, 3.8) is 0 Å². The minimum Gasteiger partial charge on any atom is -0.384 e. The summed E-state index contributed by atoms with van der Waals surface area (Å²) in [7, 11) is 1.53. The van der Waals surface area contributed by atoms with Gasteiger partial charge in [0.1, 0.15) is 23.2 Å². The van der Waals surface area contributed by atoms with Crippen LogP contribution in [0.1, 0.15) is 5.82 Å². The van der Waals surface area contributed by atoms with Crippen molar-refractivity contribution in [2.24, 2.45) is 0 Å². The molecule has 4 aromatic rings. The number of anilines is 3. The predicted octanol–water partition coefficient (Wildman–Crippen LogP) is 1.20. The SMILES string of the molecule is CNC(=O)n1nccc1Nc1nc2cccnn2c1-c1cc(N)nc(C)n1. The van der Waals surface area contributed by atoms with Gasteiger partial charge in [-0.25, -0.2) is 24.3 Å². The van der Waals surface area contributed by atoms with Gasteiger partial charge in [0.05, 0.1) is 11.9 Å². The van der Waals surface area contributed by atoms with Gasteiger partial charge >= 0.3 is 6.03 Å². The highest BCUT2D eigenvalue weighted by Gasteiger charge is 2.19. The van der Waals surface area contributed by atoms with Crippen molar-refractivity contribution >= 4 is 29.1 Å². The number of amides is 1. The molecule has 0 spiro atoms. The van der Waals surface area contributed by atoms with E-state index in [0.29, 0.717) is 40.3 Å². The zero-order chi connectivity index (χ0) is 19.0. The minimum atomic E-state index is -0.381. The summed E-state index contributed by atoms with van der Waals surface area (Å²) in [6.07, 6.45) is 3.16. The molecule has 0 aliphatic rings. The van der Waals surface area contributed by atoms with Gasteiger partial charge in [0.25, 0.3) is 0 Å². The van der Waals surface area contributed by atoms with Gasteiger partial charge in [-0.05, 0) is 19.1 Å². The third-order valence-corrected chi connectivity index (χ3v) is 3.79. The third kappa shape index (κ3) is 2.90. The summed E-state index contributed by atoms with van der Waals surface area (Å²) in [6.45, 7) is 1.75. The van der Waals surface area contributed by atoms with E-state index in [9.17, 15) is 4.79 Å². The van der Waals surface area contributed by atoms with Crippen LogP contribution in [-0.2, 0) is 0 Å². The lowest BCUT2D eigenvalue weighted by atomic mass is 10.3. The van der Waals surface area contributed by atoms with Crippen LogP contribution in [0.4, 0.5) is 22.2 Å². The van der Waals surface area contributed by atoms with Crippen molar-refractivity contribution in [2.75, 3.05) is 18.1 Å². The van der Waals surface area contributed by atoms with Crippen molar-refractivity contribution in [3.05, 3.63) is 42.5 Å². The van der Waals surface area contributed by atoms with Gasteiger partial charge < -0.3 is 16.4 Å². The Balaban J connectivity index is 1.89. The molecule has 0 saturated carbocycles. The van der Waals surface area contributed by atoms with Crippen LogP contribution < -0.4 is 16.4 Å². The number of nitrogens with two attached hydrogens (primary N) is 1. The second-order valence-corrected chi connectivity index (χ2v) is 5.64. The van der Waals surface area contributed by atoms with Crippen molar-refractivity contribution in [3.8, 4) is 11.4 Å². The summed E-state index contributed by atoms with van der Waals surface area (Å²) in [5.41, 5.74) is 7.64. The standard InChI is InChI=1S/C16H16N10O/c1-9-21-10(8-11(17)22-9)14-15(23-12-4-3-6-19-25(12)14)24-13-5-7-20-26(13)16(27)18-2/h3-8,24H,1-2H3,(H,18,27)(H2,17,21,22). The van der Waals surface area contributed by atoms with E-state index in [4.69, 9.17) is 5.73 Å². The van der Waals surface area contributed by atoms with Gasteiger partial charge in [-0.15, -0.1) is 0 Å². The van der Waals surface area contributed by atoms with E-state index >= 15 is 0 Å². The number of aryl methyl sites for hydroxylation is 1. The maximum Gasteiger partial charge on any atom is 0.343 e. The number of imidazole rings is 1. The molecule has 0 aliphatic carbocycles. The summed E-state index contributed by atoms with van der Waals surface area (Å²) in [4.78, 5) is 25.1. The molecule has 0 fully saturated rings. The molecule has 4 N–H and O–H groups in total. The number of hydrogen-bond donors (Lipinski definition) is 3. The lowest BCUT2D eigenvalue weighted by Crippen LogP contribution is -2.26. The predicted molar refractivity (Wildman–Crippen MR) is 98.5 cm³/mol. The van der Waals surface area contributed by atoms with Crippen LogP contribution in [0.3, 0.4) is 0 Å². The minimum absolute atomic E-state index is 0.338. The van der Waals surface area contributed by atoms with Crippen molar-refractivity contribution in [1.29, 1.82) is 0 Å². The van der Waals surface area contributed by atoms with E-state index in [1.165, 1.54) is 17.9 Å². The van der Waals surface area contributed by atoms with Crippen LogP contribution in [0.25, 0.3) is 17.0 Å². The number of hydrogen-bond acceptors (Lipinski definition) is 8. The van der Waals surface area contributed by atoms with Gasteiger partial charge in [-0.2, -0.15) is 14.9 Å². The number of carbonyl (C=O) groups is 1. The molecule has 0 unspecified atom stereocenters. The van der Waals surface area contributed by atoms with E-state index in [2.05, 4.69) is 35.8 Å². The average molecular weight is 364 g/mol. The Hall–Kier alpha value is -4.02. The topological polar surface area (TPSA) is 141 Å². The van der Waals surface area contributed by atoms with Crippen LogP contribution in [0.15, 0.2) is 36.7 Å². The lowest BCUT2D eigenvalue weighted by molar-refractivity contribution is 0.242. The number of rotatable bonds is 3. The fourth-order valence-corrected chi connectivity index (χ4v) is 2.70. The molecule has 0 aromatic carbocycles. The van der Waals surface area contributed by atoms with Crippen LogP contribution in [0.5, 0.6) is 0 Å². The van der Waals surface area contributed by atoms with E-state index < -0.39 is 0 Å². The van der Waals surface area contributed by atoms with Crippen LogP contribution >= 0.6 is 0 Å². The first-order chi connectivity index (χ1) is 13.1. The first-order valence-electron chi connectivity index (χ1n) is 8.05. The highest BCUT2D eigenvalue weighted by atomic mass is 16.2. The van der Waals surface area contributed by atoms with Crippen molar-refractivity contribution in [2.45, 2.75) is 6.92 Å². The van der Waals surface area contributed by atoms with Crippen molar-refractivity contribution < 1.29 is 4.79 Å². The Morgan fingerprint density at radius 1 is 1.15 bits per heavy atom. The number of nitrogens with zero attached hydrogens (tertiary/aromatic N) is 7. The number of aromatic nitrogens is 7. The Kier molecular flexibility index (Phi) is 3.88. The molecule has 0 saturated heterocycles. The third-order valence-electron chi connectivity index (χ3n) is 3.79. The number of carbonyl (C=O) groups excluding carboxylic acids is 1.